The summed E-state index contributed by atoms with van der Waals surface area (Å²) >= 11 is 0. The monoisotopic (exact) mass is 302 g/mol. The number of rotatable bonds is 8. The SMILES string of the molecule is CCCC[C@H](NC(=O)N1CCC(OCCO)CC1)C(=O)O. The smallest absolute Gasteiger partial charge is 0.326 e. The van der Waals surface area contributed by atoms with E-state index < -0.39 is 12.0 Å². The van der Waals surface area contributed by atoms with Crippen LogP contribution in [-0.4, -0.2) is 65.6 Å². The number of aliphatic carboxylic acids is 1. The number of carboxylic acid groups (broad SMARTS) is 1. The molecule has 2 amide bonds. The molecule has 0 aromatic heterocycles. The molecule has 3 N–H and O–H groups in total. The number of likely N-dealkylation sites (tertiary alicyclic amines) is 1. The first-order valence-corrected chi connectivity index (χ1v) is 7.59. The van der Waals surface area contributed by atoms with Crippen molar-refractivity contribution in [1.29, 1.82) is 0 Å². The van der Waals surface area contributed by atoms with Gasteiger partial charge in [-0.15, -0.1) is 0 Å². The molecule has 7 heteroatoms. The Morgan fingerprint density at radius 2 is 2.05 bits per heavy atom. The van der Waals surface area contributed by atoms with Crippen molar-refractivity contribution in [2.75, 3.05) is 26.3 Å². The highest BCUT2D eigenvalue weighted by atomic mass is 16.5. The maximum absolute atomic E-state index is 12.1. The van der Waals surface area contributed by atoms with Crippen LogP contribution in [0.25, 0.3) is 0 Å². The molecule has 1 saturated heterocycles. The van der Waals surface area contributed by atoms with Crippen molar-refractivity contribution in [2.24, 2.45) is 0 Å². The second kappa shape index (κ2) is 9.57. The molecule has 1 rings (SSSR count). The van der Waals surface area contributed by atoms with E-state index >= 15 is 0 Å². The van der Waals surface area contributed by atoms with Crippen LogP contribution in [0.1, 0.15) is 39.0 Å². The van der Waals surface area contributed by atoms with Crippen LogP contribution >= 0.6 is 0 Å². The van der Waals surface area contributed by atoms with Gasteiger partial charge in [0.2, 0.25) is 0 Å². The lowest BCUT2D eigenvalue weighted by Gasteiger charge is -2.32. The Labute approximate surface area is 125 Å². The standard InChI is InChI=1S/C14H26N2O5/c1-2-3-4-12(13(18)19)15-14(20)16-7-5-11(6-8-16)21-10-9-17/h11-12,17H,2-10H2,1H3,(H,15,20)(H,18,19)/t12-/m0/s1. The summed E-state index contributed by atoms with van der Waals surface area (Å²) in [6.07, 6.45) is 3.60. The van der Waals surface area contributed by atoms with Gasteiger partial charge in [0.05, 0.1) is 19.3 Å². The van der Waals surface area contributed by atoms with E-state index in [9.17, 15) is 9.59 Å². The van der Waals surface area contributed by atoms with E-state index in [1.54, 1.807) is 4.90 Å². The van der Waals surface area contributed by atoms with Crippen LogP contribution in [0.2, 0.25) is 0 Å². The Balaban J connectivity index is 2.36. The van der Waals surface area contributed by atoms with Crippen molar-refractivity contribution in [2.45, 2.75) is 51.2 Å². The van der Waals surface area contributed by atoms with Gasteiger partial charge in [-0.1, -0.05) is 19.8 Å². The highest BCUT2D eigenvalue weighted by Gasteiger charge is 2.26. The number of piperidine rings is 1. The Morgan fingerprint density at radius 3 is 2.57 bits per heavy atom. The average molecular weight is 302 g/mol. The normalized spacial score (nSPS) is 17.5. The van der Waals surface area contributed by atoms with Crippen LogP contribution in [0.4, 0.5) is 4.79 Å². The van der Waals surface area contributed by atoms with Crippen molar-refractivity contribution in [3.63, 3.8) is 0 Å². The zero-order valence-corrected chi connectivity index (χ0v) is 12.6. The fraction of sp³-hybridized carbons (Fsp3) is 0.857. The lowest BCUT2D eigenvalue weighted by Crippen LogP contribution is -2.51. The molecule has 0 aromatic carbocycles. The molecule has 0 aliphatic carbocycles. The summed E-state index contributed by atoms with van der Waals surface area (Å²) in [5.74, 6) is -0.988. The molecular weight excluding hydrogens is 276 g/mol. The maximum Gasteiger partial charge on any atom is 0.326 e. The van der Waals surface area contributed by atoms with E-state index in [0.29, 0.717) is 39.0 Å². The number of carbonyl (C=O) groups is 2. The summed E-state index contributed by atoms with van der Waals surface area (Å²) in [4.78, 5) is 24.8. The summed E-state index contributed by atoms with van der Waals surface area (Å²) in [5, 5.41) is 20.4. The first-order chi connectivity index (χ1) is 10.1. The van der Waals surface area contributed by atoms with Crippen molar-refractivity contribution in [1.82, 2.24) is 10.2 Å². The molecule has 1 aliphatic heterocycles. The Bertz CT molecular complexity index is 329. The minimum atomic E-state index is -0.988. The fourth-order valence-corrected chi connectivity index (χ4v) is 2.35. The lowest BCUT2D eigenvalue weighted by molar-refractivity contribution is -0.139. The molecule has 0 unspecified atom stereocenters. The number of carbonyl (C=O) groups excluding carboxylic acids is 1. The first kappa shape index (κ1) is 17.7. The Hall–Kier alpha value is -1.34. The molecule has 0 spiro atoms. The second-order valence-electron chi connectivity index (χ2n) is 5.26. The lowest BCUT2D eigenvalue weighted by atomic mass is 10.1. The molecular formula is C14H26N2O5. The van der Waals surface area contributed by atoms with E-state index in [1.807, 2.05) is 6.92 Å². The molecule has 0 saturated carbocycles. The van der Waals surface area contributed by atoms with E-state index in [1.165, 1.54) is 0 Å². The maximum atomic E-state index is 12.1. The van der Waals surface area contributed by atoms with Crippen molar-refractivity contribution < 1.29 is 24.5 Å². The van der Waals surface area contributed by atoms with Gasteiger partial charge >= 0.3 is 12.0 Å². The number of aliphatic hydroxyl groups is 1. The predicted molar refractivity (Wildman–Crippen MR) is 77.1 cm³/mol. The van der Waals surface area contributed by atoms with Gasteiger partial charge in [0.15, 0.2) is 0 Å². The number of ether oxygens (including phenoxy) is 1. The molecule has 1 fully saturated rings. The van der Waals surface area contributed by atoms with Gasteiger partial charge in [0.1, 0.15) is 6.04 Å². The average Bonchev–Trinajstić information content (AvgIpc) is 2.49. The summed E-state index contributed by atoms with van der Waals surface area (Å²) < 4.78 is 5.43. The van der Waals surface area contributed by atoms with E-state index in [4.69, 9.17) is 14.9 Å². The highest BCUT2D eigenvalue weighted by molar-refractivity contribution is 5.82. The number of hydrogen-bond donors (Lipinski definition) is 3. The van der Waals surface area contributed by atoms with Gasteiger partial charge in [0, 0.05) is 13.1 Å². The summed E-state index contributed by atoms with van der Waals surface area (Å²) in [7, 11) is 0. The van der Waals surface area contributed by atoms with Crippen molar-refractivity contribution in [3.05, 3.63) is 0 Å². The van der Waals surface area contributed by atoms with Crippen LogP contribution in [0.15, 0.2) is 0 Å². The number of nitrogens with zero attached hydrogens (tertiary/aromatic N) is 1. The van der Waals surface area contributed by atoms with Crippen LogP contribution in [0.5, 0.6) is 0 Å². The van der Waals surface area contributed by atoms with E-state index in [2.05, 4.69) is 5.32 Å². The number of amides is 2. The zero-order chi connectivity index (χ0) is 15.7. The van der Waals surface area contributed by atoms with Crippen LogP contribution in [0.3, 0.4) is 0 Å². The molecule has 7 nitrogen and oxygen atoms in total. The van der Waals surface area contributed by atoms with Crippen molar-refractivity contribution in [3.8, 4) is 0 Å². The minimum absolute atomic E-state index is 0.00157. The molecule has 0 radical (unpaired) electrons. The second-order valence-corrected chi connectivity index (χ2v) is 5.26. The molecule has 0 aromatic rings. The summed E-state index contributed by atoms with van der Waals surface area (Å²) in [6, 6.07) is -1.14. The van der Waals surface area contributed by atoms with Gasteiger partial charge < -0.3 is 25.2 Å². The topological polar surface area (TPSA) is 99.1 Å². The first-order valence-electron chi connectivity index (χ1n) is 7.59. The number of aliphatic hydroxyl groups excluding tert-OH is 1. The third-order valence-electron chi connectivity index (χ3n) is 3.62. The zero-order valence-electron chi connectivity index (χ0n) is 12.6. The Morgan fingerprint density at radius 1 is 1.38 bits per heavy atom. The largest absolute Gasteiger partial charge is 0.480 e. The summed E-state index contributed by atoms with van der Waals surface area (Å²) in [6.45, 7) is 3.38. The molecule has 1 heterocycles. The molecule has 0 bridgehead atoms. The van der Waals surface area contributed by atoms with Crippen molar-refractivity contribution >= 4 is 12.0 Å². The van der Waals surface area contributed by atoms with Gasteiger partial charge in [-0.05, 0) is 19.3 Å². The molecule has 21 heavy (non-hydrogen) atoms. The molecule has 122 valence electrons. The number of unbranched alkanes of at least 4 members (excludes halogenated alkanes) is 1. The van der Waals surface area contributed by atoms with E-state index in [-0.39, 0.29) is 18.7 Å². The van der Waals surface area contributed by atoms with Crippen LogP contribution in [0, 0.1) is 0 Å². The predicted octanol–water partition coefficient (Wildman–Crippen LogP) is 0.813. The third kappa shape index (κ3) is 6.31. The molecule has 1 atom stereocenters. The van der Waals surface area contributed by atoms with Crippen LogP contribution in [-0.2, 0) is 9.53 Å². The van der Waals surface area contributed by atoms with Crippen LogP contribution < -0.4 is 5.32 Å². The van der Waals surface area contributed by atoms with Gasteiger partial charge in [-0.25, -0.2) is 9.59 Å². The number of urea groups is 1. The Kier molecular flexibility index (Phi) is 8.07. The highest BCUT2D eigenvalue weighted by Crippen LogP contribution is 2.14. The minimum Gasteiger partial charge on any atom is -0.480 e. The summed E-state index contributed by atoms with van der Waals surface area (Å²) in [5.41, 5.74) is 0. The third-order valence-corrected chi connectivity index (χ3v) is 3.62. The van der Waals surface area contributed by atoms with Gasteiger partial charge in [-0.2, -0.15) is 0 Å². The number of carboxylic acids is 1. The quantitative estimate of drug-likeness (QED) is 0.616. The number of hydrogen-bond acceptors (Lipinski definition) is 4. The van der Waals surface area contributed by atoms with E-state index in [0.717, 1.165) is 12.8 Å². The van der Waals surface area contributed by atoms with Gasteiger partial charge in [0.25, 0.3) is 0 Å². The fourth-order valence-electron chi connectivity index (χ4n) is 2.35. The number of nitrogens with one attached hydrogen (secondary N) is 1. The molecule has 1 aliphatic rings. The van der Waals surface area contributed by atoms with Gasteiger partial charge in [-0.3, -0.25) is 0 Å².